The van der Waals surface area contributed by atoms with E-state index in [4.69, 9.17) is 0 Å². The van der Waals surface area contributed by atoms with Crippen LogP contribution in [0, 0.1) is 0 Å². The maximum atomic E-state index is 12.8. The predicted molar refractivity (Wildman–Crippen MR) is 115 cm³/mol. The molecule has 0 atom stereocenters. The molecule has 3 rings (SSSR count). The second kappa shape index (κ2) is 8.58. The van der Waals surface area contributed by atoms with Crippen LogP contribution in [0.15, 0.2) is 88.2 Å². The predicted octanol–water partition coefficient (Wildman–Crippen LogP) is 4.57. The number of carbonyl (C=O) groups is 1. The van der Waals surface area contributed by atoms with Gasteiger partial charge in [0.1, 0.15) is 0 Å². The normalized spacial score (nSPS) is 11.1. The zero-order valence-electron chi connectivity index (χ0n) is 15.2. The monoisotopic (exact) mass is 458 g/mol. The molecule has 3 aromatic carbocycles. The van der Waals surface area contributed by atoms with E-state index in [-0.39, 0.29) is 17.2 Å². The molecule has 0 aliphatic carbocycles. The molecule has 0 unspecified atom stereocenters. The van der Waals surface area contributed by atoms with Crippen molar-refractivity contribution in [1.82, 2.24) is 0 Å². The van der Waals surface area contributed by atoms with Gasteiger partial charge in [-0.05, 0) is 48.5 Å². The van der Waals surface area contributed by atoms with Gasteiger partial charge >= 0.3 is 0 Å². The van der Waals surface area contributed by atoms with Crippen molar-refractivity contribution in [3.63, 3.8) is 0 Å². The van der Waals surface area contributed by atoms with Gasteiger partial charge in [0.05, 0.1) is 17.1 Å². The van der Waals surface area contributed by atoms with Gasteiger partial charge in [0.2, 0.25) is 0 Å². The fourth-order valence-corrected chi connectivity index (χ4v) is 4.06. The Morgan fingerprint density at radius 2 is 1.54 bits per heavy atom. The second-order valence-electron chi connectivity index (χ2n) is 6.12. The Bertz CT molecular complexity index is 1050. The maximum absolute atomic E-state index is 12.8. The molecule has 0 amide bonds. The lowest BCUT2D eigenvalue weighted by Gasteiger charge is -2.19. The topological polar surface area (TPSA) is 66.5 Å². The molecule has 0 radical (unpaired) electrons. The minimum Gasteiger partial charge on any atom is -0.378 e. The van der Waals surface area contributed by atoms with Crippen LogP contribution >= 0.6 is 15.9 Å². The minimum atomic E-state index is -3.65. The number of carbonyl (C=O) groups excluding carboxylic acids is 1. The Kier molecular flexibility index (Phi) is 6.16. The second-order valence-corrected chi connectivity index (χ2v) is 9.00. The highest BCUT2D eigenvalue weighted by molar-refractivity contribution is 9.10. The number of benzene rings is 3. The van der Waals surface area contributed by atoms with Crippen molar-refractivity contribution < 1.29 is 13.2 Å². The summed E-state index contributed by atoms with van der Waals surface area (Å²) in [4.78, 5) is 12.4. The SMILES string of the molecule is CN(c1ccccc1)S(=O)(=O)c1ccc(NCC(=O)c2ccc(Br)cc2)cc1. The summed E-state index contributed by atoms with van der Waals surface area (Å²) in [6, 6.07) is 22.4. The highest BCUT2D eigenvalue weighted by Crippen LogP contribution is 2.23. The van der Waals surface area contributed by atoms with Gasteiger partial charge in [0, 0.05) is 22.8 Å². The first kappa shape index (κ1) is 20.1. The van der Waals surface area contributed by atoms with E-state index in [0.29, 0.717) is 16.9 Å². The quantitative estimate of drug-likeness (QED) is 0.526. The van der Waals surface area contributed by atoms with Crippen LogP contribution in [-0.4, -0.2) is 27.8 Å². The van der Waals surface area contributed by atoms with Crippen LogP contribution in [0.25, 0.3) is 0 Å². The van der Waals surface area contributed by atoms with E-state index in [0.717, 1.165) is 4.47 Å². The zero-order valence-corrected chi connectivity index (χ0v) is 17.6. The van der Waals surface area contributed by atoms with E-state index in [2.05, 4.69) is 21.2 Å². The van der Waals surface area contributed by atoms with E-state index in [1.807, 2.05) is 18.2 Å². The lowest BCUT2D eigenvalue weighted by molar-refractivity contribution is 0.101. The molecule has 0 bridgehead atoms. The molecule has 0 fully saturated rings. The van der Waals surface area contributed by atoms with Gasteiger partial charge in [-0.25, -0.2) is 8.42 Å². The number of hydrogen-bond acceptors (Lipinski definition) is 4. The number of rotatable bonds is 7. The van der Waals surface area contributed by atoms with Crippen molar-refractivity contribution in [2.24, 2.45) is 0 Å². The van der Waals surface area contributed by atoms with Crippen molar-refractivity contribution in [1.29, 1.82) is 0 Å². The molecule has 1 N–H and O–H groups in total. The van der Waals surface area contributed by atoms with Crippen LogP contribution in [0.4, 0.5) is 11.4 Å². The molecule has 7 heteroatoms. The number of sulfonamides is 1. The molecule has 0 spiro atoms. The number of Topliss-reactive ketones (excluding diaryl/α,β-unsaturated/α-hetero) is 1. The Morgan fingerprint density at radius 1 is 0.929 bits per heavy atom. The molecule has 5 nitrogen and oxygen atoms in total. The molecule has 0 aliphatic rings. The Morgan fingerprint density at radius 3 is 2.14 bits per heavy atom. The largest absolute Gasteiger partial charge is 0.378 e. The van der Waals surface area contributed by atoms with Gasteiger partial charge < -0.3 is 5.32 Å². The molecule has 28 heavy (non-hydrogen) atoms. The molecular weight excluding hydrogens is 440 g/mol. The molecule has 0 saturated heterocycles. The van der Waals surface area contributed by atoms with Crippen LogP contribution in [0.1, 0.15) is 10.4 Å². The minimum absolute atomic E-state index is 0.0481. The van der Waals surface area contributed by atoms with Gasteiger partial charge in [0.15, 0.2) is 5.78 Å². The van der Waals surface area contributed by atoms with Crippen molar-refractivity contribution >= 4 is 43.1 Å². The summed E-state index contributed by atoms with van der Waals surface area (Å²) in [5, 5.41) is 3.03. The Labute approximate surface area is 173 Å². The maximum Gasteiger partial charge on any atom is 0.264 e. The summed E-state index contributed by atoms with van der Waals surface area (Å²) in [6.45, 7) is 0.123. The third-order valence-electron chi connectivity index (χ3n) is 4.25. The average molecular weight is 459 g/mol. The lowest BCUT2D eigenvalue weighted by atomic mass is 10.1. The first-order chi connectivity index (χ1) is 13.4. The van der Waals surface area contributed by atoms with Crippen molar-refractivity contribution in [3.05, 3.63) is 88.9 Å². The number of hydrogen-bond donors (Lipinski definition) is 1. The summed E-state index contributed by atoms with van der Waals surface area (Å²) in [7, 11) is -2.13. The molecule has 0 aromatic heterocycles. The third-order valence-corrected chi connectivity index (χ3v) is 6.58. The fourth-order valence-electron chi connectivity index (χ4n) is 2.60. The Balaban J connectivity index is 1.67. The Hall–Kier alpha value is -2.64. The fraction of sp³-hybridized carbons (Fsp3) is 0.0952. The van der Waals surface area contributed by atoms with Crippen LogP contribution in [0.2, 0.25) is 0 Å². The number of anilines is 2. The highest BCUT2D eigenvalue weighted by atomic mass is 79.9. The molecular formula is C21H19BrN2O3S. The van der Waals surface area contributed by atoms with Crippen LogP contribution < -0.4 is 9.62 Å². The average Bonchev–Trinajstić information content (AvgIpc) is 2.73. The summed E-state index contributed by atoms with van der Waals surface area (Å²) in [5.41, 5.74) is 1.87. The molecule has 0 heterocycles. The van der Waals surface area contributed by atoms with Gasteiger partial charge in [-0.15, -0.1) is 0 Å². The van der Waals surface area contributed by atoms with Crippen LogP contribution in [0.3, 0.4) is 0 Å². The summed E-state index contributed by atoms with van der Waals surface area (Å²) in [5.74, 6) is -0.0481. The van der Waals surface area contributed by atoms with E-state index in [1.165, 1.54) is 23.5 Å². The van der Waals surface area contributed by atoms with Gasteiger partial charge in [-0.3, -0.25) is 9.10 Å². The van der Waals surface area contributed by atoms with Crippen LogP contribution in [-0.2, 0) is 10.0 Å². The molecule has 3 aromatic rings. The lowest BCUT2D eigenvalue weighted by Crippen LogP contribution is -2.26. The van der Waals surface area contributed by atoms with E-state index < -0.39 is 10.0 Å². The zero-order chi connectivity index (χ0) is 20.1. The highest BCUT2D eigenvalue weighted by Gasteiger charge is 2.21. The van der Waals surface area contributed by atoms with E-state index in [1.54, 1.807) is 48.5 Å². The summed E-state index contributed by atoms with van der Waals surface area (Å²) < 4.78 is 27.7. The number of ketones is 1. The molecule has 144 valence electrons. The van der Waals surface area contributed by atoms with Gasteiger partial charge in [-0.1, -0.05) is 46.3 Å². The van der Waals surface area contributed by atoms with E-state index in [9.17, 15) is 13.2 Å². The number of nitrogens with zero attached hydrogens (tertiary/aromatic N) is 1. The molecule has 0 saturated carbocycles. The molecule has 0 aliphatic heterocycles. The first-order valence-electron chi connectivity index (χ1n) is 8.54. The number of nitrogens with one attached hydrogen (secondary N) is 1. The van der Waals surface area contributed by atoms with Crippen molar-refractivity contribution in [3.8, 4) is 0 Å². The standard InChI is InChI=1S/C21H19BrN2O3S/c1-24(19-5-3-2-4-6-19)28(26,27)20-13-11-18(12-14-20)23-15-21(25)16-7-9-17(22)10-8-16/h2-14,23H,15H2,1H3. The number of halogens is 1. The van der Waals surface area contributed by atoms with Crippen molar-refractivity contribution in [2.45, 2.75) is 4.90 Å². The third kappa shape index (κ3) is 4.61. The van der Waals surface area contributed by atoms with Gasteiger partial charge in [-0.2, -0.15) is 0 Å². The number of para-hydroxylation sites is 1. The summed E-state index contributed by atoms with van der Waals surface area (Å²) in [6.07, 6.45) is 0. The first-order valence-corrected chi connectivity index (χ1v) is 10.8. The van der Waals surface area contributed by atoms with E-state index >= 15 is 0 Å². The summed E-state index contributed by atoms with van der Waals surface area (Å²) >= 11 is 3.34. The van der Waals surface area contributed by atoms with Gasteiger partial charge in [0.25, 0.3) is 10.0 Å². The van der Waals surface area contributed by atoms with Crippen molar-refractivity contribution in [2.75, 3.05) is 23.2 Å². The van der Waals surface area contributed by atoms with Crippen LogP contribution in [0.5, 0.6) is 0 Å². The smallest absolute Gasteiger partial charge is 0.264 e.